The standard InChI is InChI=1S/C20H20FN7O2/c1-11-7-27-16-13(6-20(8-22-10-23-9-20)18(27)12(2)29-11)5-14-17(15(16)21)30-25-19(14)28-4-3-24-26-28/h3-5,8-9,11-12,18H,6-7,10H2,1-2H3/t11-,12+,18-/m0/s1. The summed E-state index contributed by atoms with van der Waals surface area (Å²) >= 11 is 0. The van der Waals surface area contributed by atoms with Gasteiger partial charge in [-0.3, -0.25) is 9.98 Å². The average molecular weight is 409 g/mol. The minimum absolute atomic E-state index is 0.0350. The fourth-order valence-electron chi connectivity index (χ4n) is 5.27. The molecule has 3 aliphatic rings. The first-order valence-corrected chi connectivity index (χ1v) is 9.99. The Morgan fingerprint density at radius 1 is 1.23 bits per heavy atom. The van der Waals surface area contributed by atoms with Crippen molar-refractivity contribution in [2.24, 2.45) is 15.4 Å². The van der Waals surface area contributed by atoms with Crippen molar-refractivity contribution in [3.05, 3.63) is 29.8 Å². The van der Waals surface area contributed by atoms with Crippen LogP contribution >= 0.6 is 0 Å². The van der Waals surface area contributed by atoms with Crippen molar-refractivity contribution in [2.75, 3.05) is 18.1 Å². The molecule has 0 aliphatic carbocycles. The van der Waals surface area contributed by atoms with Crippen molar-refractivity contribution < 1.29 is 13.7 Å². The lowest BCUT2D eigenvalue weighted by atomic mass is 9.69. The minimum Gasteiger partial charge on any atom is -0.372 e. The number of ether oxygens (including phenoxy) is 1. The molecular formula is C20H20FN7O2. The summed E-state index contributed by atoms with van der Waals surface area (Å²) in [6.45, 7) is 5.02. The smallest absolute Gasteiger partial charge is 0.206 e. The molecule has 3 aliphatic heterocycles. The highest BCUT2D eigenvalue weighted by atomic mass is 19.1. The highest BCUT2D eigenvalue weighted by Crippen LogP contribution is 2.47. The number of halogens is 1. The molecular weight excluding hydrogens is 389 g/mol. The second kappa shape index (κ2) is 6.18. The van der Waals surface area contributed by atoms with Crippen molar-refractivity contribution in [1.29, 1.82) is 0 Å². The Kier molecular flexibility index (Phi) is 3.64. The first-order chi connectivity index (χ1) is 14.6. The molecule has 1 spiro atoms. The zero-order valence-electron chi connectivity index (χ0n) is 16.6. The van der Waals surface area contributed by atoms with Gasteiger partial charge in [0.15, 0.2) is 5.82 Å². The van der Waals surface area contributed by atoms with Gasteiger partial charge in [0.2, 0.25) is 11.4 Å². The van der Waals surface area contributed by atoms with Gasteiger partial charge < -0.3 is 14.2 Å². The molecule has 1 aromatic carbocycles. The van der Waals surface area contributed by atoms with E-state index in [0.29, 0.717) is 36.5 Å². The normalized spacial score (nSPS) is 26.9. The molecule has 6 rings (SSSR count). The van der Waals surface area contributed by atoms with Gasteiger partial charge in [-0.05, 0) is 31.9 Å². The SMILES string of the molecule is C[C@H]1CN2c3c(cc4c(-n5ccnn5)noc4c3F)CC3(C=NCN=C3)[C@@H]2[C@@H](C)O1. The van der Waals surface area contributed by atoms with E-state index in [4.69, 9.17) is 9.26 Å². The lowest BCUT2D eigenvalue weighted by molar-refractivity contribution is -0.0432. The third-order valence-electron chi connectivity index (χ3n) is 6.22. The predicted octanol–water partition coefficient (Wildman–Crippen LogP) is 2.19. The van der Waals surface area contributed by atoms with Crippen molar-refractivity contribution in [1.82, 2.24) is 20.2 Å². The summed E-state index contributed by atoms with van der Waals surface area (Å²) in [7, 11) is 0. The number of anilines is 1. The van der Waals surface area contributed by atoms with Crippen LogP contribution in [0.5, 0.6) is 0 Å². The summed E-state index contributed by atoms with van der Waals surface area (Å²) < 4.78 is 28.9. The molecule has 0 N–H and O–H groups in total. The van der Waals surface area contributed by atoms with Crippen LogP contribution in [0.2, 0.25) is 0 Å². The fourth-order valence-corrected chi connectivity index (χ4v) is 5.27. The Morgan fingerprint density at radius 3 is 2.83 bits per heavy atom. The predicted molar refractivity (Wildman–Crippen MR) is 108 cm³/mol. The van der Waals surface area contributed by atoms with Crippen molar-refractivity contribution in [3.8, 4) is 5.82 Å². The van der Waals surface area contributed by atoms with Gasteiger partial charge >= 0.3 is 0 Å². The fraction of sp³-hybridized carbons (Fsp3) is 0.450. The molecule has 10 heteroatoms. The van der Waals surface area contributed by atoms with E-state index >= 15 is 4.39 Å². The number of nitrogens with zero attached hydrogens (tertiary/aromatic N) is 7. The van der Waals surface area contributed by atoms with E-state index in [-0.39, 0.29) is 23.8 Å². The van der Waals surface area contributed by atoms with Gasteiger partial charge in [0.05, 0.1) is 47.1 Å². The summed E-state index contributed by atoms with van der Waals surface area (Å²) in [5.74, 6) is 0.00210. The third-order valence-corrected chi connectivity index (χ3v) is 6.22. The molecule has 154 valence electrons. The number of aliphatic imine (C=N–C) groups is 2. The van der Waals surface area contributed by atoms with Crippen LogP contribution in [-0.2, 0) is 11.2 Å². The minimum atomic E-state index is -0.463. The van der Waals surface area contributed by atoms with Gasteiger partial charge in [-0.2, -0.15) is 4.68 Å². The van der Waals surface area contributed by atoms with Gasteiger partial charge in [0.1, 0.15) is 6.67 Å². The Morgan fingerprint density at radius 2 is 2.07 bits per heavy atom. The molecule has 0 unspecified atom stereocenters. The van der Waals surface area contributed by atoms with E-state index in [0.717, 1.165) is 5.56 Å². The van der Waals surface area contributed by atoms with Crippen LogP contribution in [0, 0.1) is 11.2 Å². The molecule has 0 radical (unpaired) electrons. The quantitative estimate of drug-likeness (QED) is 0.612. The van der Waals surface area contributed by atoms with Crippen molar-refractivity contribution >= 4 is 29.1 Å². The maximum atomic E-state index is 15.9. The monoisotopic (exact) mass is 409 g/mol. The van der Waals surface area contributed by atoms with E-state index < -0.39 is 11.2 Å². The molecule has 1 fully saturated rings. The summed E-state index contributed by atoms with van der Waals surface area (Å²) in [5.41, 5.74) is 1.07. The number of hydrogen-bond acceptors (Lipinski definition) is 8. The van der Waals surface area contributed by atoms with Crippen LogP contribution in [-0.4, -0.2) is 64.0 Å². The van der Waals surface area contributed by atoms with Gasteiger partial charge in [-0.15, -0.1) is 5.10 Å². The highest BCUT2D eigenvalue weighted by molar-refractivity contribution is 5.96. The molecule has 0 saturated carbocycles. The van der Waals surface area contributed by atoms with Gasteiger partial charge in [-0.1, -0.05) is 10.4 Å². The molecule has 5 heterocycles. The van der Waals surface area contributed by atoms with Gasteiger partial charge in [0, 0.05) is 19.0 Å². The average Bonchev–Trinajstić information content (AvgIpc) is 3.37. The second-order valence-corrected chi connectivity index (χ2v) is 8.23. The largest absolute Gasteiger partial charge is 0.372 e. The molecule has 3 atom stereocenters. The Hall–Kier alpha value is -3.14. The molecule has 0 bridgehead atoms. The second-order valence-electron chi connectivity index (χ2n) is 8.23. The molecule has 3 aromatic rings. The van der Waals surface area contributed by atoms with E-state index in [1.54, 1.807) is 12.4 Å². The number of morpholine rings is 1. The zero-order chi connectivity index (χ0) is 20.5. The maximum Gasteiger partial charge on any atom is 0.206 e. The van der Waals surface area contributed by atoms with E-state index in [9.17, 15) is 0 Å². The molecule has 2 aromatic heterocycles. The van der Waals surface area contributed by atoms with Gasteiger partial charge in [-0.25, -0.2) is 4.39 Å². The lowest BCUT2D eigenvalue weighted by Crippen LogP contribution is -2.65. The molecule has 30 heavy (non-hydrogen) atoms. The van der Waals surface area contributed by atoms with Crippen LogP contribution in [0.15, 0.2) is 33.0 Å². The lowest BCUT2D eigenvalue weighted by Gasteiger charge is -2.54. The van der Waals surface area contributed by atoms with Gasteiger partial charge in [0.25, 0.3) is 0 Å². The van der Waals surface area contributed by atoms with Crippen LogP contribution < -0.4 is 4.90 Å². The maximum absolute atomic E-state index is 15.9. The molecule has 1 saturated heterocycles. The number of aromatic nitrogens is 4. The van der Waals surface area contributed by atoms with E-state index in [2.05, 4.69) is 30.4 Å². The van der Waals surface area contributed by atoms with E-state index in [1.807, 2.05) is 32.3 Å². The van der Waals surface area contributed by atoms with Crippen LogP contribution in [0.3, 0.4) is 0 Å². The highest BCUT2D eigenvalue weighted by Gasteiger charge is 2.52. The summed E-state index contributed by atoms with van der Waals surface area (Å²) in [6.07, 6.45) is 7.53. The van der Waals surface area contributed by atoms with E-state index in [1.165, 1.54) is 4.68 Å². The number of hydrogen-bond donors (Lipinski definition) is 0. The zero-order valence-corrected chi connectivity index (χ0v) is 16.6. The van der Waals surface area contributed by atoms with Crippen LogP contribution in [0.25, 0.3) is 16.8 Å². The van der Waals surface area contributed by atoms with Crippen LogP contribution in [0.4, 0.5) is 10.1 Å². The first-order valence-electron chi connectivity index (χ1n) is 9.99. The molecule has 0 amide bonds. The van der Waals surface area contributed by atoms with Crippen LogP contribution in [0.1, 0.15) is 19.4 Å². The Bertz CT molecular complexity index is 1170. The third kappa shape index (κ3) is 2.33. The summed E-state index contributed by atoms with van der Waals surface area (Å²) in [5, 5.41) is 12.4. The topological polar surface area (TPSA) is 93.9 Å². The summed E-state index contributed by atoms with van der Waals surface area (Å²) in [4.78, 5) is 11.0. The number of benzene rings is 1. The first kappa shape index (κ1) is 17.7. The number of rotatable bonds is 1. The summed E-state index contributed by atoms with van der Waals surface area (Å²) in [6, 6.07) is 1.83. The Balaban J connectivity index is 1.60. The van der Waals surface area contributed by atoms with Crippen molar-refractivity contribution in [2.45, 2.75) is 38.5 Å². The molecule has 9 nitrogen and oxygen atoms in total. The number of fused-ring (bicyclic) bond motifs is 5. The van der Waals surface area contributed by atoms with Crippen molar-refractivity contribution in [3.63, 3.8) is 0 Å². The Labute approximate surface area is 171 Å².